The number of nitrogens with zero attached hydrogens (tertiary/aromatic N) is 3. The molecule has 1 aliphatic carbocycles. The Balaban J connectivity index is 1.19. The van der Waals surface area contributed by atoms with Gasteiger partial charge < -0.3 is 10.4 Å². The van der Waals surface area contributed by atoms with Crippen LogP contribution in [-0.4, -0.2) is 31.4 Å². The van der Waals surface area contributed by atoms with Gasteiger partial charge >= 0.3 is 5.69 Å². The van der Waals surface area contributed by atoms with Crippen molar-refractivity contribution in [1.82, 2.24) is 19.7 Å². The maximum absolute atomic E-state index is 13.0. The summed E-state index contributed by atoms with van der Waals surface area (Å²) in [5.74, 6) is 0.490. The number of carbonyl (C=O) groups excluding carboxylic acids is 1. The summed E-state index contributed by atoms with van der Waals surface area (Å²) in [5, 5.41) is 18.1. The first kappa shape index (κ1) is 29.5. The maximum Gasteiger partial charge on any atom is 0.346 e. The molecule has 7 heteroatoms. The van der Waals surface area contributed by atoms with Gasteiger partial charge in [-0.05, 0) is 77.5 Å². The monoisotopic (exact) mass is 566 g/mol. The van der Waals surface area contributed by atoms with E-state index < -0.39 is 6.10 Å². The third-order valence-corrected chi connectivity index (χ3v) is 8.00. The molecule has 1 aromatic heterocycles. The van der Waals surface area contributed by atoms with Crippen LogP contribution in [0, 0.1) is 0 Å². The van der Waals surface area contributed by atoms with Gasteiger partial charge in [0.25, 0.3) is 5.91 Å². The predicted octanol–water partition coefficient (Wildman–Crippen LogP) is 5.56. The zero-order valence-corrected chi connectivity index (χ0v) is 25.1. The van der Waals surface area contributed by atoms with E-state index in [4.69, 9.17) is 5.10 Å². The molecule has 5 rings (SSSR count). The SMILES string of the molecule is CCn1c(CCCc2ccc(-c3cccc(C(O)C(=O)NC4CC4)c3)cc2)nn(Cc2ccc(C(C)(C)C)cc2)c1=O. The first-order chi connectivity index (χ1) is 20.1. The molecule has 7 nitrogen and oxygen atoms in total. The van der Waals surface area contributed by atoms with E-state index >= 15 is 0 Å². The van der Waals surface area contributed by atoms with Crippen molar-refractivity contribution in [3.8, 4) is 11.1 Å². The second kappa shape index (κ2) is 12.5. The van der Waals surface area contributed by atoms with Crippen molar-refractivity contribution < 1.29 is 9.90 Å². The number of hydrogen-bond acceptors (Lipinski definition) is 4. The molecular weight excluding hydrogens is 524 g/mol. The fourth-order valence-electron chi connectivity index (χ4n) is 5.24. The van der Waals surface area contributed by atoms with Crippen molar-refractivity contribution in [3.05, 3.63) is 111 Å². The van der Waals surface area contributed by atoms with Gasteiger partial charge in [0.2, 0.25) is 0 Å². The molecule has 2 N–H and O–H groups in total. The van der Waals surface area contributed by atoms with Crippen LogP contribution in [0.5, 0.6) is 0 Å². The molecule has 0 radical (unpaired) electrons. The summed E-state index contributed by atoms with van der Waals surface area (Å²) in [6, 6.07) is 24.6. The van der Waals surface area contributed by atoms with Gasteiger partial charge in [-0.1, -0.05) is 87.5 Å². The molecule has 0 bridgehead atoms. The Hall–Kier alpha value is -3.97. The third-order valence-electron chi connectivity index (χ3n) is 8.00. The highest BCUT2D eigenvalue weighted by atomic mass is 16.3. The molecular formula is C35H42N4O3. The van der Waals surface area contributed by atoms with Crippen LogP contribution in [0.15, 0.2) is 77.6 Å². The first-order valence-corrected chi connectivity index (χ1v) is 15.1. The lowest BCUT2D eigenvalue weighted by Crippen LogP contribution is -2.30. The Labute approximate surface area is 248 Å². The van der Waals surface area contributed by atoms with Gasteiger partial charge in [-0.25, -0.2) is 9.48 Å². The standard InChI is InChI=1S/C35H42N4O3/c1-5-38-31(37-39(34(38)42)23-25-14-18-29(19-15-25)35(2,3)4)11-6-8-24-12-16-26(17-13-24)27-9-7-10-28(22-27)32(40)33(41)36-30-20-21-30/h7,9-10,12-19,22,30,32,40H,5-6,8,11,20-21,23H2,1-4H3,(H,36,41). The third kappa shape index (κ3) is 7.08. The Kier molecular flexibility index (Phi) is 8.78. The second-order valence-corrected chi connectivity index (χ2v) is 12.4. The summed E-state index contributed by atoms with van der Waals surface area (Å²) < 4.78 is 3.36. The summed E-state index contributed by atoms with van der Waals surface area (Å²) in [4.78, 5) is 25.3. The number of carbonyl (C=O) groups is 1. The number of rotatable bonds is 11. The quantitative estimate of drug-likeness (QED) is 0.249. The second-order valence-electron chi connectivity index (χ2n) is 12.4. The Morgan fingerprint density at radius 1 is 0.976 bits per heavy atom. The van der Waals surface area contributed by atoms with E-state index in [1.165, 1.54) is 11.1 Å². The molecule has 3 aromatic carbocycles. The van der Waals surface area contributed by atoms with E-state index in [1.54, 1.807) is 15.3 Å². The molecule has 0 spiro atoms. The van der Waals surface area contributed by atoms with Crippen LogP contribution in [-0.2, 0) is 36.1 Å². The van der Waals surface area contributed by atoms with E-state index in [0.717, 1.165) is 54.6 Å². The molecule has 1 aliphatic rings. The van der Waals surface area contributed by atoms with E-state index in [9.17, 15) is 14.7 Å². The Morgan fingerprint density at radius 2 is 1.67 bits per heavy atom. The van der Waals surface area contributed by atoms with Crippen molar-refractivity contribution >= 4 is 5.91 Å². The molecule has 1 fully saturated rings. The number of amides is 1. The number of aryl methyl sites for hydroxylation is 2. The van der Waals surface area contributed by atoms with Crippen LogP contribution in [0.4, 0.5) is 0 Å². The van der Waals surface area contributed by atoms with Gasteiger partial charge in [-0.3, -0.25) is 9.36 Å². The fraction of sp³-hybridized carbons (Fsp3) is 0.400. The lowest BCUT2D eigenvalue weighted by molar-refractivity contribution is -0.129. The van der Waals surface area contributed by atoms with Crippen LogP contribution < -0.4 is 11.0 Å². The molecule has 4 aromatic rings. The molecule has 1 unspecified atom stereocenters. The number of aliphatic hydroxyl groups excluding tert-OH is 1. The number of hydrogen-bond donors (Lipinski definition) is 2. The summed E-state index contributed by atoms with van der Waals surface area (Å²) in [6.07, 6.45) is 3.29. The minimum absolute atomic E-state index is 0.0610. The van der Waals surface area contributed by atoms with Gasteiger partial charge in [-0.15, -0.1) is 0 Å². The van der Waals surface area contributed by atoms with E-state index in [1.807, 2.05) is 25.1 Å². The van der Waals surface area contributed by atoms with Crippen molar-refractivity contribution in [2.75, 3.05) is 0 Å². The number of aliphatic hydroxyl groups is 1. The van der Waals surface area contributed by atoms with Crippen LogP contribution in [0.1, 0.15) is 81.1 Å². The summed E-state index contributed by atoms with van der Waals surface area (Å²) >= 11 is 0. The summed E-state index contributed by atoms with van der Waals surface area (Å²) in [6.45, 7) is 9.64. The molecule has 0 aliphatic heterocycles. The molecule has 1 amide bonds. The summed E-state index contributed by atoms with van der Waals surface area (Å²) in [5.41, 5.74) is 6.17. The lowest BCUT2D eigenvalue weighted by atomic mass is 9.87. The van der Waals surface area contributed by atoms with Crippen molar-refractivity contribution in [2.24, 2.45) is 0 Å². The van der Waals surface area contributed by atoms with E-state index in [2.05, 4.69) is 74.6 Å². The Bertz CT molecular complexity index is 1570. The van der Waals surface area contributed by atoms with Gasteiger partial charge in [0.1, 0.15) is 5.82 Å². The molecule has 220 valence electrons. The number of aromatic nitrogens is 3. The van der Waals surface area contributed by atoms with Crippen LogP contribution >= 0.6 is 0 Å². The zero-order chi connectivity index (χ0) is 29.9. The first-order valence-electron chi connectivity index (χ1n) is 15.1. The van der Waals surface area contributed by atoms with Crippen molar-refractivity contribution in [3.63, 3.8) is 0 Å². The smallest absolute Gasteiger partial charge is 0.346 e. The normalized spacial score (nSPS) is 14.1. The summed E-state index contributed by atoms with van der Waals surface area (Å²) in [7, 11) is 0. The topological polar surface area (TPSA) is 89.2 Å². The molecule has 1 heterocycles. The van der Waals surface area contributed by atoms with Crippen LogP contribution in [0.25, 0.3) is 11.1 Å². The van der Waals surface area contributed by atoms with E-state index in [0.29, 0.717) is 18.7 Å². The maximum atomic E-state index is 13.0. The van der Waals surface area contributed by atoms with Gasteiger partial charge in [0.05, 0.1) is 6.54 Å². The number of nitrogens with one attached hydrogen (secondary N) is 1. The number of benzene rings is 3. The van der Waals surface area contributed by atoms with Crippen LogP contribution in [0.3, 0.4) is 0 Å². The highest BCUT2D eigenvalue weighted by Crippen LogP contribution is 2.26. The van der Waals surface area contributed by atoms with Crippen molar-refractivity contribution in [1.29, 1.82) is 0 Å². The fourth-order valence-corrected chi connectivity index (χ4v) is 5.24. The minimum Gasteiger partial charge on any atom is -0.378 e. The van der Waals surface area contributed by atoms with Gasteiger partial charge in [0.15, 0.2) is 6.10 Å². The van der Waals surface area contributed by atoms with Crippen molar-refractivity contribution in [2.45, 2.75) is 90.4 Å². The average molecular weight is 567 g/mol. The highest BCUT2D eigenvalue weighted by molar-refractivity contribution is 5.83. The predicted molar refractivity (Wildman–Crippen MR) is 166 cm³/mol. The average Bonchev–Trinajstić information content (AvgIpc) is 3.75. The zero-order valence-electron chi connectivity index (χ0n) is 25.1. The largest absolute Gasteiger partial charge is 0.378 e. The van der Waals surface area contributed by atoms with Crippen LogP contribution in [0.2, 0.25) is 0 Å². The molecule has 1 atom stereocenters. The molecule has 0 saturated heterocycles. The van der Waals surface area contributed by atoms with E-state index in [-0.39, 0.29) is 23.1 Å². The highest BCUT2D eigenvalue weighted by Gasteiger charge is 2.27. The molecule has 1 saturated carbocycles. The minimum atomic E-state index is -1.16. The molecule has 42 heavy (non-hydrogen) atoms. The lowest BCUT2D eigenvalue weighted by Gasteiger charge is -2.19. The van der Waals surface area contributed by atoms with Gasteiger partial charge in [0, 0.05) is 19.0 Å². The Morgan fingerprint density at radius 3 is 2.31 bits per heavy atom. The van der Waals surface area contributed by atoms with Gasteiger partial charge in [-0.2, -0.15) is 5.10 Å².